The standard InChI is InChI=1S/C24H22N4O3S/c1-16(22(29)26-15-18-9-5-6-13-25-18)28-20-11-3-4-12-21(20)32-24(28)27-23(30)17-8-7-10-19(14-17)31-2/h3-14,16H,15H2,1-2H3,(H,26,29)/t16-/m1/s1. The molecule has 0 aliphatic rings. The molecule has 0 aliphatic heterocycles. The highest BCUT2D eigenvalue weighted by Gasteiger charge is 2.20. The summed E-state index contributed by atoms with van der Waals surface area (Å²) in [6, 6.07) is 19.5. The van der Waals surface area contributed by atoms with Crippen LogP contribution in [0.15, 0.2) is 77.9 Å². The number of rotatable bonds is 6. The van der Waals surface area contributed by atoms with Crippen molar-refractivity contribution in [1.29, 1.82) is 0 Å². The number of benzene rings is 2. The summed E-state index contributed by atoms with van der Waals surface area (Å²) in [5.74, 6) is -0.00248. The van der Waals surface area contributed by atoms with Gasteiger partial charge in [-0.2, -0.15) is 4.99 Å². The number of nitrogens with zero attached hydrogens (tertiary/aromatic N) is 3. The number of pyridine rings is 1. The lowest BCUT2D eigenvalue weighted by Crippen LogP contribution is -2.34. The Morgan fingerprint density at radius 3 is 2.72 bits per heavy atom. The summed E-state index contributed by atoms with van der Waals surface area (Å²) in [5.41, 5.74) is 2.03. The first-order valence-corrected chi connectivity index (χ1v) is 10.9. The Kier molecular flexibility index (Phi) is 6.42. The SMILES string of the molecule is COc1cccc(C(=O)N=c2sc3ccccc3n2[C@H](C)C(=O)NCc2ccccn2)c1. The van der Waals surface area contributed by atoms with E-state index >= 15 is 0 Å². The summed E-state index contributed by atoms with van der Waals surface area (Å²) in [6.07, 6.45) is 1.69. The molecular formula is C24H22N4O3S. The number of ether oxygens (including phenoxy) is 1. The molecule has 2 amide bonds. The van der Waals surface area contributed by atoms with Crippen LogP contribution in [0.4, 0.5) is 0 Å². The first kappa shape index (κ1) is 21.5. The predicted molar refractivity (Wildman–Crippen MR) is 123 cm³/mol. The number of amides is 2. The van der Waals surface area contributed by atoms with Gasteiger partial charge in [-0.1, -0.05) is 35.6 Å². The van der Waals surface area contributed by atoms with Gasteiger partial charge in [0, 0.05) is 11.8 Å². The van der Waals surface area contributed by atoms with Gasteiger partial charge in [-0.3, -0.25) is 14.6 Å². The third-order valence-corrected chi connectivity index (χ3v) is 6.02. The molecule has 8 heteroatoms. The van der Waals surface area contributed by atoms with Gasteiger partial charge in [0.25, 0.3) is 5.91 Å². The Bertz CT molecular complexity index is 1330. The second kappa shape index (κ2) is 9.57. The molecule has 0 bridgehead atoms. The molecule has 32 heavy (non-hydrogen) atoms. The van der Waals surface area contributed by atoms with Gasteiger partial charge in [-0.05, 0) is 49.4 Å². The Labute approximate surface area is 189 Å². The second-order valence-electron chi connectivity index (χ2n) is 7.09. The second-order valence-corrected chi connectivity index (χ2v) is 8.10. The highest BCUT2D eigenvalue weighted by molar-refractivity contribution is 7.16. The molecule has 1 N–H and O–H groups in total. The average molecular weight is 447 g/mol. The minimum atomic E-state index is -0.577. The zero-order chi connectivity index (χ0) is 22.5. The van der Waals surface area contributed by atoms with E-state index in [9.17, 15) is 9.59 Å². The number of hydrogen-bond donors (Lipinski definition) is 1. The monoisotopic (exact) mass is 446 g/mol. The van der Waals surface area contributed by atoms with Crippen molar-refractivity contribution in [3.8, 4) is 5.75 Å². The number of methoxy groups -OCH3 is 1. The van der Waals surface area contributed by atoms with Gasteiger partial charge in [-0.15, -0.1) is 0 Å². The maximum absolute atomic E-state index is 13.0. The number of aromatic nitrogens is 2. The van der Waals surface area contributed by atoms with Crippen LogP contribution in [-0.4, -0.2) is 28.5 Å². The van der Waals surface area contributed by atoms with Crippen molar-refractivity contribution in [2.24, 2.45) is 4.99 Å². The van der Waals surface area contributed by atoms with E-state index in [2.05, 4.69) is 15.3 Å². The first-order valence-electron chi connectivity index (χ1n) is 10.1. The van der Waals surface area contributed by atoms with Gasteiger partial charge >= 0.3 is 0 Å². The third-order valence-electron chi connectivity index (χ3n) is 4.98. The molecule has 7 nitrogen and oxygen atoms in total. The lowest BCUT2D eigenvalue weighted by atomic mass is 10.2. The molecule has 162 valence electrons. The van der Waals surface area contributed by atoms with Crippen molar-refractivity contribution in [1.82, 2.24) is 14.9 Å². The molecule has 0 saturated heterocycles. The Morgan fingerprint density at radius 2 is 1.94 bits per heavy atom. The van der Waals surface area contributed by atoms with Crippen LogP contribution in [-0.2, 0) is 11.3 Å². The van der Waals surface area contributed by atoms with E-state index in [-0.39, 0.29) is 5.91 Å². The molecule has 0 radical (unpaired) electrons. The van der Waals surface area contributed by atoms with Crippen LogP contribution in [0, 0.1) is 0 Å². The Hall–Kier alpha value is -3.78. The van der Waals surface area contributed by atoms with Crippen LogP contribution in [0.3, 0.4) is 0 Å². The van der Waals surface area contributed by atoms with Gasteiger partial charge in [0.2, 0.25) is 5.91 Å². The minimum absolute atomic E-state index is 0.186. The topological polar surface area (TPSA) is 85.6 Å². The van der Waals surface area contributed by atoms with Crippen molar-refractivity contribution >= 4 is 33.4 Å². The fourth-order valence-corrected chi connectivity index (χ4v) is 4.39. The van der Waals surface area contributed by atoms with Crippen LogP contribution in [0.25, 0.3) is 10.2 Å². The fraction of sp³-hybridized carbons (Fsp3) is 0.167. The van der Waals surface area contributed by atoms with Crippen molar-refractivity contribution in [2.45, 2.75) is 19.5 Å². The summed E-state index contributed by atoms with van der Waals surface area (Å²) < 4.78 is 7.94. The van der Waals surface area contributed by atoms with Crippen LogP contribution >= 0.6 is 11.3 Å². The lowest BCUT2D eigenvalue weighted by Gasteiger charge is -2.15. The molecule has 2 heterocycles. The fourth-order valence-electron chi connectivity index (χ4n) is 3.30. The maximum Gasteiger partial charge on any atom is 0.279 e. The number of fused-ring (bicyclic) bond motifs is 1. The van der Waals surface area contributed by atoms with Crippen LogP contribution in [0.2, 0.25) is 0 Å². The van der Waals surface area contributed by atoms with E-state index in [0.717, 1.165) is 15.9 Å². The molecular weight excluding hydrogens is 424 g/mol. The van der Waals surface area contributed by atoms with Gasteiger partial charge in [0.05, 0.1) is 29.6 Å². The molecule has 4 rings (SSSR count). The highest BCUT2D eigenvalue weighted by Crippen LogP contribution is 2.21. The van der Waals surface area contributed by atoms with Crippen molar-refractivity contribution in [3.05, 3.63) is 89.0 Å². The maximum atomic E-state index is 13.0. The number of hydrogen-bond acceptors (Lipinski definition) is 5. The minimum Gasteiger partial charge on any atom is -0.497 e. The highest BCUT2D eigenvalue weighted by atomic mass is 32.1. The Morgan fingerprint density at radius 1 is 1.12 bits per heavy atom. The smallest absolute Gasteiger partial charge is 0.279 e. The van der Waals surface area contributed by atoms with E-state index < -0.39 is 11.9 Å². The molecule has 1 atom stereocenters. The quantitative estimate of drug-likeness (QED) is 0.489. The largest absolute Gasteiger partial charge is 0.497 e. The van der Waals surface area contributed by atoms with E-state index in [1.165, 1.54) is 11.3 Å². The summed E-state index contributed by atoms with van der Waals surface area (Å²) in [7, 11) is 1.55. The lowest BCUT2D eigenvalue weighted by molar-refractivity contribution is -0.124. The normalized spacial score (nSPS) is 12.5. The summed E-state index contributed by atoms with van der Waals surface area (Å²) in [6.45, 7) is 2.11. The van der Waals surface area contributed by atoms with E-state index in [4.69, 9.17) is 4.74 Å². The number of carbonyl (C=O) groups excluding carboxylic acids is 2. The van der Waals surface area contributed by atoms with Gasteiger partial charge < -0.3 is 14.6 Å². The average Bonchev–Trinajstić information content (AvgIpc) is 3.20. The van der Waals surface area contributed by atoms with Crippen molar-refractivity contribution in [2.75, 3.05) is 7.11 Å². The number of nitrogens with one attached hydrogen (secondary N) is 1. The zero-order valence-corrected chi connectivity index (χ0v) is 18.5. The molecule has 2 aromatic heterocycles. The molecule has 0 unspecified atom stereocenters. The van der Waals surface area contributed by atoms with E-state index in [1.807, 2.05) is 42.5 Å². The van der Waals surface area contributed by atoms with Crippen LogP contribution in [0.5, 0.6) is 5.75 Å². The molecule has 0 aliphatic carbocycles. The number of para-hydroxylation sites is 1. The predicted octanol–water partition coefficient (Wildman–Crippen LogP) is 3.72. The molecule has 0 spiro atoms. The molecule has 0 saturated carbocycles. The summed E-state index contributed by atoms with van der Waals surface area (Å²) in [4.78, 5) is 34.9. The molecule has 0 fully saturated rings. The summed E-state index contributed by atoms with van der Waals surface area (Å²) >= 11 is 1.37. The van der Waals surface area contributed by atoms with Crippen LogP contribution < -0.4 is 14.9 Å². The van der Waals surface area contributed by atoms with Gasteiger partial charge in [0.15, 0.2) is 4.80 Å². The van der Waals surface area contributed by atoms with Crippen molar-refractivity contribution in [3.63, 3.8) is 0 Å². The van der Waals surface area contributed by atoms with Crippen LogP contribution in [0.1, 0.15) is 29.0 Å². The molecule has 4 aromatic rings. The zero-order valence-electron chi connectivity index (χ0n) is 17.7. The Balaban J connectivity index is 1.68. The first-order chi connectivity index (χ1) is 15.6. The number of carbonyl (C=O) groups is 2. The van der Waals surface area contributed by atoms with E-state index in [0.29, 0.717) is 22.7 Å². The number of thiazole rings is 1. The third kappa shape index (κ3) is 4.60. The van der Waals surface area contributed by atoms with E-state index in [1.54, 1.807) is 49.1 Å². The molecule has 2 aromatic carbocycles. The van der Waals surface area contributed by atoms with Crippen molar-refractivity contribution < 1.29 is 14.3 Å². The summed E-state index contributed by atoms with van der Waals surface area (Å²) in [5, 5.41) is 2.92. The van der Waals surface area contributed by atoms with Gasteiger partial charge in [-0.25, -0.2) is 0 Å². The van der Waals surface area contributed by atoms with Gasteiger partial charge in [0.1, 0.15) is 11.8 Å².